The topological polar surface area (TPSA) is 141 Å². The van der Waals surface area contributed by atoms with Crippen LogP contribution in [-0.2, 0) is 12.8 Å². The van der Waals surface area contributed by atoms with Crippen LogP contribution in [0.1, 0.15) is 55.0 Å². The van der Waals surface area contributed by atoms with Gasteiger partial charge in [-0.2, -0.15) is 0 Å². The number of aromatic nitrogens is 5. The molecule has 3 heterocycles. The van der Waals surface area contributed by atoms with Crippen molar-refractivity contribution in [3.63, 3.8) is 0 Å². The Bertz CT molecular complexity index is 1480. The van der Waals surface area contributed by atoms with Crippen molar-refractivity contribution in [1.82, 2.24) is 24.5 Å². The lowest BCUT2D eigenvalue weighted by molar-refractivity contribution is 0.318. The molecule has 0 aliphatic carbocycles. The van der Waals surface area contributed by atoms with Crippen molar-refractivity contribution in [2.45, 2.75) is 46.5 Å². The molecule has 3 N–H and O–H groups in total. The van der Waals surface area contributed by atoms with Crippen LogP contribution in [0, 0.1) is 6.92 Å². The quantitative estimate of drug-likeness (QED) is 0.141. The molecule has 4 rings (SSSR count). The van der Waals surface area contributed by atoms with Gasteiger partial charge in [0.2, 0.25) is 5.95 Å². The molecule has 10 heteroatoms. The number of nitrogens with zero attached hydrogens (tertiary/aromatic N) is 6. The highest BCUT2D eigenvalue weighted by atomic mass is 16.5. The maximum absolute atomic E-state index is 13.8. The number of nitrogens with two attached hydrogens (primary N) is 1. The summed E-state index contributed by atoms with van der Waals surface area (Å²) < 4.78 is 6.86. The van der Waals surface area contributed by atoms with Crippen molar-refractivity contribution in [2.24, 2.45) is 10.9 Å². The third-order valence-electron chi connectivity index (χ3n) is 6.13. The van der Waals surface area contributed by atoms with Crippen LogP contribution in [0.4, 0.5) is 0 Å². The number of amidine groups is 1. The molecule has 0 spiro atoms. The van der Waals surface area contributed by atoms with E-state index >= 15 is 0 Å². The standard InChI is InChI=1S/C28H31N7O3/c1-4-6-11-25-24(27(36)35(18(3)33-25)28-31-16-21(17-32-28)38-5-2)14-20-13-12-19(15-30-20)22-9-7-8-10-23(22)26(29)34-37/h7-10,12-13,15-17,37H,4-6,11,14H2,1-3H3,(H2,29,34). The Labute approximate surface area is 220 Å². The monoisotopic (exact) mass is 513 g/mol. The van der Waals surface area contributed by atoms with E-state index in [9.17, 15) is 4.79 Å². The zero-order valence-corrected chi connectivity index (χ0v) is 21.8. The van der Waals surface area contributed by atoms with Crippen LogP contribution in [-0.4, -0.2) is 42.2 Å². The van der Waals surface area contributed by atoms with E-state index in [1.807, 2.05) is 37.3 Å². The third kappa shape index (κ3) is 5.69. The van der Waals surface area contributed by atoms with Crippen LogP contribution in [0.15, 0.2) is 64.9 Å². The van der Waals surface area contributed by atoms with Crippen molar-refractivity contribution < 1.29 is 9.94 Å². The lowest BCUT2D eigenvalue weighted by atomic mass is 9.99. The van der Waals surface area contributed by atoms with E-state index in [4.69, 9.17) is 20.7 Å². The van der Waals surface area contributed by atoms with Crippen LogP contribution in [0.2, 0.25) is 0 Å². The van der Waals surface area contributed by atoms with Crippen molar-refractivity contribution >= 4 is 5.84 Å². The second-order valence-electron chi connectivity index (χ2n) is 8.73. The molecule has 0 aliphatic rings. The van der Waals surface area contributed by atoms with Gasteiger partial charge in [0.25, 0.3) is 5.56 Å². The molecule has 1 aromatic carbocycles. The fourth-order valence-electron chi connectivity index (χ4n) is 4.23. The van der Waals surface area contributed by atoms with Crippen LogP contribution >= 0.6 is 0 Å². The summed E-state index contributed by atoms with van der Waals surface area (Å²) in [6, 6.07) is 11.1. The van der Waals surface area contributed by atoms with E-state index < -0.39 is 0 Å². The third-order valence-corrected chi connectivity index (χ3v) is 6.13. The summed E-state index contributed by atoms with van der Waals surface area (Å²) in [5.41, 5.74) is 9.89. The maximum Gasteiger partial charge on any atom is 0.264 e. The highest BCUT2D eigenvalue weighted by Crippen LogP contribution is 2.24. The van der Waals surface area contributed by atoms with Crippen molar-refractivity contribution in [2.75, 3.05) is 6.61 Å². The first-order chi connectivity index (χ1) is 18.5. The minimum absolute atomic E-state index is 0.0213. The van der Waals surface area contributed by atoms with Crippen molar-refractivity contribution in [3.8, 4) is 22.8 Å². The minimum atomic E-state index is -0.212. The SMILES string of the molecule is CCCCc1nc(C)n(-c2ncc(OCC)cn2)c(=O)c1Cc1ccc(-c2ccccc2/C(N)=N\O)cn1. The lowest BCUT2D eigenvalue weighted by Gasteiger charge is -2.15. The van der Waals surface area contributed by atoms with Crippen LogP contribution in [0.5, 0.6) is 5.75 Å². The van der Waals surface area contributed by atoms with Crippen LogP contribution < -0.4 is 16.0 Å². The second kappa shape index (κ2) is 12.1. The fraction of sp³-hybridized carbons (Fsp3) is 0.286. The largest absolute Gasteiger partial charge is 0.491 e. The van der Waals surface area contributed by atoms with E-state index in [2.05, 4.69) is 27.0 Å². The van der Waals surface area contributed by atoms with Crippen LogP contribution in [0.25, 0.3) is 17.1 Å². The molecular weight excluding hydrogens is 482 g/mol. The van der Waals surface area contributed by atoms with Gasteiger partial charge < -0.3 is 15.7 Å². The summed E-state index contributed by atoms with van der Waals surface area (Å²) in [5.74, 6) is 1.33. The number of benzene rings is 1. The lowest BCUT2D eigenvalue weighted by Crippen LogP contribution is -2.29. The number of unbranched alkanes of at least 4 members (excludes halogenated alkanes) is 1. The Morgan fingerprint density at radius 3 is 2.50 bits per heavy atom. The molecule has 0 fully saturated rings. The van der Waals surface area contributed by atoms with E-state index in [1.165, 1.54) is 4.57 Å². The van der Waals surface area contributed by atoms with E-state index in [0.29, 0.717) is 42.1 Å². The Balaban J connectivity index is 1.72. The molecular formula is C28H31N7O3. The minimum Gasteiger partial charge on any atom is -0.491 e. The Hall–Kier alpha value is -4.60. The maximum atomic E-state index is 13.8. The number of ether oxygens (including phenoxy) is 1. The average Bonchev–Trinajstić information content (AvgIpc) is 2.94. The first kappa shape index (κ1) is 26.5. The van der Waals surface area contributed by atoms with Crippen molar-refractivity contribution in [1.29, 1.82) is 0 Å². The van der Waals surface area contributed by atoms with Gasteiger partial charge >= 0.3 is 0 Å². The Morgan fingerprint density at radius 1 is 1.08 bits per heavy atom. The van der Waals surface area contributed by atoms with Gasteiger partial charge in [-0.1, -0.05) is 48.8 Å². The number of oxime groups is 1. The molecule has 0 atom stereocenters. The van der Waals surface area contributed by atoms with E-state index in [-0.39, 0.29) is 17.3 Å². The molecule has 0 unspecified atom stereocenters. The van der Waals surface area contributed by atoms with Gasteiger partial charge in [0, 0.05) is 35.0 Å². The second-order valence-corrected chi connectivity index (χ2v) is 8.73. The van der Waals surface area contributed by atoms with Gasteiger partial charge in [-0.15, -0.1) is 0 Å². The normalized spacial score (nSPS) is 11.5. The molecule has 3 aromatic heterocycles. The molecule has 0 radical (unpaired) electrons. The smallest absolute Gasteiger partial charge is 0.264 e. The molecule has 4 aromatic rings. The van der Waals surface area contributed by atoms with Gasteiger partial charge in [0.05, 0.1) is 24.7 Å². The molecule has 10 nitrogen and oxygen atoms in total. The van der Waals surface area contributed by atoms with Crippen LogP contribution in [0.3, 0.4) is 0 Å². The number of aryl methyl sites for hydroxylation is 2. The first-order valence-corrected chi connectivity index (χ1v) is 12.6. The molecule has 0 aliphatic heterocycles. The van der Waals surface area contributed by atoms with Gasteiger partial charge in [-0.25, -0.2) is 19.5 Å². The van der Waals surface area contributed by atoms with E-state index in [0.717, 1.165) is 35.4 Å². The van der Waals surface area contributed by atoms with Gasteiger partial charge in [0.15, 0.2) is 11.6 Å². The molecule has 0 saturated heterocycles. The first-order valence-electron chi connectivity index (χ1n) is 12.6. The summed E-state index contributed by atoms with van der Waals surface area (Å²) >= 11 is 0. The highest BCUT2D eigenvalue weighted by molar-refractivity contribution is 6.03. The summed E-state index contributed by atoms with van der Waals surface area (Å²) in [6.45, 7) is 6.27. The molecule has 0 bridgehead atoms. The molecule has 0 amide bonds. The Morgan fingerprint density at radius 2 is 1.84 bits per heavy atom. The predicted octanol–water partition coefficient (Wildman–Crippen LogP) is 3.82. The van der Waals surface area contributed by atoms with Gasteiger partial charge in [0.1, 0.15) is 5.82 Å². The number of hydrogen-bond acceptors (Lipinski definition) is 8. The molecule has 196 valence electrons. The summed E-state index contributed by atoms with van der Waals surface area (Å²) in [7, 11) is 0. The van der Waals surface area contributed by atoms with Crippen molar-refractivity contribution in [3.05, 3.63) is 93.7 Å². The zero-order chi connectivity index (χ0) is 27.1. The number of hydrogen-bond donors (Lipinski definition) is 2. The highest BCUT2D eigenvalue weighted by Gasteiger charge is 2.18. The molecule has 0 saturated carbocycles. The van der Waals surface area contributed by atoms with Gasteiger partial charge in [-0.05, 0) is 38.3 Å². The average molecular weight is 514 g/mol. The van der Waals surface area contributed by atoms with E-state index in [1.54, 1.807) is 31.6 Å². The Kier molecular flexibility index (Phi) is 8.42. The van der Waals surface area contributed by atoms with Gasteiger partial charge in [-0.3, -0.25) is 9.78 Å². The summed E-state index contributed by atoms with van der Waals surface area (Å²) in [6.07, 6.45) is 7.73. The molecule has 38 heavy (non-hydrogen) atoms. The summed E-state index contributed by atoms with van der Waals surface area (Å²) in [5, 5.41) is 12.3. The zero-order valence-electron chi connectivity index (χ0n) is 21.8. The number of pyridine rings is 1. The predicted molar refractivity (Wildman–Crippen MR) is 145 cm³/mol. The summed E-state index contributed by atoms with van der Waals surface area (Å²) in [4.78, 5) is 31.8. The fourth-order valence-corrected chi connectivity index (χ4v) is 4.23. The number of rotatable bonds is 10.